The number of aromatic nitrogens is 3. The molecule has 4 aromatic rings. The standard InChI is InChI=1S/C38H50N6O3/c1-41(2)23-28-12-10-20-43(25-28)34(45)26-44-33-22-31(37-39-38(46)47-40-37)16-17-32(33)35(29-13-5-3-6-14-29)36(44)30-15-9-11-27(21-30)24-42-18-7-4-8-19-42/h9,11,15-17,21-22,28-29H,3-8,10,12-14,18-20,23-26H2,1-2H3,(H,39,40,46). The second kappa shape index (κ2) is 14.2. The van der Waals surface area contributed by atoms with Crippen LogP contribution in [0.1, 0.15) is 81.3 Å². The number of hydrogen-bond donors (Lipinski definition) is 1. The molecule has 0 bridgehead atoms. The Morgan fingerprint density at radius 3 is 2.51 bits per heavy atom. The van der Waals surface area contributed by atoms with Crippen LogP contribution in [0, 0.1) is 5.92 Å². The van der Waals surface area contributed by atoms with Crippen LogP contribution in [0.2, 0.25) is 0 Å². The fourth-order valence-electron chi connectivity index (χ4n) is 8.54. The van der Waals surface area contributed by atoms with Crippen LogP contribution in [0.5, 0.6) is 0 Å². The molecular formula is C38H50N6O3. The van der Waals surface area contributed by atoms with Crippen molar-refractivity contribution >= 4 is 16.8 Å². The van der Waals surface area contributed by atoms with Gasteiger partial charge in [-0.1, -0.05) is 61.2 Å². The number of amides is 1. The summed E-state index contributed by atoms with van der Waals surface area (Å²) < 4.78 is 7.17. The lowest BCUT2D eigenvalue weighted by molar-refractivity contribution is -0.133. The summed E-state index contributed by atoms with van der Waals surface area (Å²) in [5, 5.41) is 5.19. The number of nitrogens with zero attached hydrogens (tertiary/aromatic N) is 5. The number of benzene rings is 2. The largest absolute Gasteiger partial charge is 0.439 e. The number of nitrogens with one attached hydrogen (secondary N) is 1. The molecule has 0 spiro atoms. The molecule has 1 amide bonds. The van der Waals surface area contributed by atoms with Crippen molar-refractivity contribution < 1.29 is 9.32 Å². The second-order valence-corrected chi connectivity index (χ2v) is 14.5. The number of H-pyrrole nitrogens is 1. The number of piperidine rings is 2. The van der Waals surface area contributed by atoms with Gasteiger partial charge in [0.05, 0.1) is 11.2 Å². The summed E-state index contributed by atoms with van der Waals surface area (Å²) in [6.45, 7) is 6.16. The quantitative estimate of drug-likeness (QED) is 0.226. The van der Waals surface area contributed by atoms with Gasteiger partial charge in [0.25, 0.3) is 0 Å². The van der Waals surface area contributed by atoms with Crippen LogP contribution in [0.25, 0.3) is 33.5 Å². The lowest BCUT2D eigenvalue weighted by atomic mass is 9.81. The Morgan fingerprint density at radius 1 is 0.936 bits per heavy atom. The molecule has 250 valence electrons. The molecule has 1 aliphatic carbocycles. The van der Waals surface area contributed by atoms with Gasteiger partial charge in [0.1, 0.15) is 6.54 Å². The van der Waals surface area contributed by atoms with Crippen LogP contribution >= 0.6 is 0 Å². The van der Waals surface area contributed by atoms with E-state index < -0.39 is 5.76 Å². The molecule has 0 radical (unpaired) electrons. The van der Waals surface area contributed by atoms with Gasteiger partial charge in [0.2, 0.25) is 5.91 Å². The molecule has 1 N–H and O–H groups in total. The minimum absolute atomic E-state index is 0.173. The van der Waals surface area contributed by atoms with Gasteiger partial charge in [-0.2, -0.15) is 0 Å². The minimum Gasteiger partial charge on any atom is -0.341 e. The predicted molar refractivity (Wildman–Crippen MR) is 186 cm³/mol. The second-order valence-electron chi connectivity index (χ2n) is 14.5. The van der Waals surface area contributed by atoms with E-state index in [1.165, 1.54) is 66.3 Å². The van der Waals surface area contributed by atoms with Crippen LogP contribution in [0.3, 0.4) is 0 Å². The summed E-state index contributed by atoms with van der Waals surface area (Å²) in [7, 11) is 4.23. The number of rotatable bonds is 9. The highest BCUT2D eigenvalue weighted by Gasteiger charge is 2.30. The molecular weight excluding hydrogens is 588 g/mol. The molecule has 9 heteroatoms. The summed E-state index contributed by atoms with van der Waals surface area (Å²) in [4.78, 5) is 35.8. The van der Waals surface area contributed by atoms with Gasteiger partial charge in [0, 0.05) is 37.1 Å². The molecule has 3 fully saturated rings. The maximum atomic E-state index is 14.3. The van der Waals surface area contributed by atoms with Gasteiger partial charge in [-0.25, -0.2) is 4.79 Å². The zero-order valence-corrected chi connectivity index (χ0v) is 28.2. The fourth-order valence-corrected chi connectivity index (χ4v) is 8.54. The van der Waals surface area contributed by atoms with Gasteiger partial charge < -0.3 is 14.4 Å². The Morgan fingerprint density at radius 2 is 1.74 bits per heavy atom. The SMILES string of the molecule is CN(C)CC1CCCN(C(=O)Cn2c(-c3cccc(CN4CCCCC4)c3)c(C3CCCCC3)c3ccc(-c4noc(=O)[nH]4)cc32)C1. The van der Waals surface area contributed by atoms with Crippen LogP contribution in [0.15, 0.2) is 51.8 Å². The molecule has 1 unspecified atom stereocenters. The van der Waals surface area contributed by atoms with Crippen LogP contribution in [-0.4, -0.2) is 82.1 Å². The summed E-state index contributed by atoms with van der Waals surface area (Å²) in [5.41, 5.74) is 6.84. The number of hydrogen-bond acceptors (Lipinski definition) is 6. The van der Waals surface area contributed by atoms with Crippen molar-refractivity contribution in [3.05, 3.63) is 64.1 Å². The van der Waals surface area contributed by atoms with E-state index >= 15 is 0 Å². The molecule has 9 nitrogen and oxygen atoms in total. The number of fused-ring (bicyclic) bond motifs is 1. The molecule has 2 aromatic heterocycles. The van der Waals surface area contributed by atoms with Crippen molar-refractivity contribution in [2.24, 2.45) is 5.92 Å². The smallest absolute Gasteiger partial charge is 0.341 e. The lowest BCUT2D eigenvalue weighted by Gasteiger charge is -2.34. The Bertz CT molecular complexity index is 1740. The number of carbonyl (C=O) groups is 1. The Kier molecular flexibility index (Phi) is 9.63. The van der Waals surface area contributed by atoms with E-state index in [0.29, 0.717) is 17.7 Å². The van der Waals surface area contributed by atoms with Gasteiger partial charge in [-0.15, -0.1) is 0 Å². The summed E-state index contributed by atoms with van der Waals surface area (Å²) >= 11 is 0. The third-order valence-electron chi connectivity index (χ3n) is 10.7. The normalized spacial score (nSPS) is 20.0. The molecule has 2 aromatic carbocycles. The summed E-state index contributed by atoms with van der Waals surface area (Å²) in [6, 6.07) is 15.4. The molecule has 4 heterocycles. The first-order valence-corrected chi connectivity index (χ1v) is 17.9. The fraction of sp³-hybridized carbons (Fsp3) is 0.553. The van der Waals surface area contributed by atoms with Gasteiger partial charge in [-0.3, -0.25) is 19.2 Å². The average molecular weight is 639 g/mol. The molecule has 2 aliphatic heterocycles. The highest BCUT2D eigenvalue weighted by Crippen LogP contribution is 2.45. The molecule has 1 saturated carbocycles. The van der Waals surface area contributed by atoms with Crippen molar-refractivity contribution in [2.75, 3.05) is 46.8 Å². The van der Waals surface area contributed by atoms with Gasteiger partial charge in [0.15, 0.2) is 5.82 Å². The van der Waals surface area contributed by atoms with Crippen LogP contribution in [-0.2, 0) is 17.9 Å². The molecule has 47 heavy (non-hydrogen) atoms. The van der Waals surface area contributed by atoms with Crippen molar-refractivity contribution in [3.8, 4) is 22.6 Å². The van der Waals surface area contributed by atoms with Crippen LogP contribution < -0.4 is 5.76 Å². The first-order chi connectivity index (χ1) is 22.9. The number of likely N-dealkylation sites (tertiary alicyclic amines) is 2. The van der Waals surface area contributed by atoms with Crippen molar-refractivity contribution in [3.63, 3.8) is 0 Å². The first-order valence-electron chi connectivity index (χ1n) is 17.9. The summed E-state index contributed by atoms with van der Waals surface area (Å²) in [6.07, 6.45) is 12.1. The average Bonchev–Trinajstić information content (AvgIpc) is 3.66. The monoisotopic (exact) mass is 638 g/mol. The minimum atomic E-state index is -0.572. The zero-order chi connectivity index (χ0) is 32.3. The van der Waals surface area contributed by atoms with E-state index in [1.54, 1.807) is 0 Å². The predicted octanol–water partition coefficient (Wildman–Crippen LogP) is 6.49. The zero-order valence-electron chi connectivity index (χ0n) is 28.2. The first kappa shape index (κ1) is 31.9. The van der Waals surface area contributed by atoms with E-state index in [-0.39, 0.29) is 12.5 Å². The third-order valence-corrected chi connectivity index (χ3v) is 10.7. The Labute approximate surface area is 277 Å². The van der Waals surface area contributed by atoms with Gasteiger partial charge >= 0.3 is 5.76 Å². The molecule has 7 rings (SSSR count). The van der Waals surface area contributed by atoms with E-state index in [4.69, 9.17) is 4.52 Å². The Hall–Kier alpha value is -3.69. The number of carbonyl (C=O) groups excluding carboxylic acids is 1. The maximum Gasteiger partial charge on any atom is 0.439 e. The topological polar surface area (TPSA) is 90.6 Å². The van der Waals surface area contributed by atoms with E-state index in [9.17, 15) is 9.59 Å². The van der Waals surface area contributed by atoms with Gasteiger partial charge in [-0.05, 0) is 106 Å². The Balaban J connectivity index is 1.35. The molecule has 2 saturated heterocycles. The molecule has 1 atom stereocenters. The van der Waals surface area contributed by atoms with Crippen molar-refractivity contribution in [1.82, 2.24) is 29.4 Å². The highest BCUT2D eigenvalue weighted by atomic mass is 16.5. The maximum absolute atomic E-state index is 14.3. The van der Waals surface area contributed by atoms with E-state index in [2.05, 4.69) is 79.9 Å². The number of aromatic amines is 1. The summed E-state index contributed by atoms with van der Waals surface area (Å²) in [5.74, 6) is 0.926. The highest BCUT2D eigenvalue weighted by molar-refractivity contribution is 5.96. The van der Waals surface area contributed by atoms with Crippen molar-refractivity contribution in [2.45, 2.75) is 83.2 Å². The van der Waals surface area contributed by atoms with Crippen LogP contribution in [0.4, 0.5) is 0 Å². The van der Waals surface area contributed by atoms with E-state index in [0.717, 1.165) is 76.0 Å². The molecule has 3 aliphatic rings. The lowest BCUT2D eigenvalue weighted by Crippen LogP contribution is -2.44. The third kappa shape index (κ3) is 7.11. The van der Waals surface area contributed by atoms with E-state index in [1.807, 2.05) is 6.07 Å². The van der Waals surface area contributed by atoms with Crippen molar-refractivity contribution in [1.29, 1.82) is 0 Å².